The van der Waals surface area contributed by atoms with Crippen molar-refractivity contribution in [1.29, 1.82) is 5.26 Å². The molecule has 3 aromatic rings. The third kappa shape index (κ3) is 5.25. The van der Waals surface area contributed by atoms with E-state index in [1.165, 1.54) is 9.21 Å². The summed E-state index contributed by atoms with van der Waals surface area (Å²) < 4.78 is 49.8. The number of aromatic nitrogens is 2. The predicted octanol–water partition coefficient (Wildman–Crippen LogP) is 3.23. The third-order valence-electron chi connectivity index (χ3n) is 8.45. The molecular formula is C30H32FN7O4S. The predicted molar refractivity (Wildman–Crippen MR) is 159 cm³/mol. The molecule has 224 valence electrons. The van der Waals surface area contributed by atoms with E-state index in [2.05, 4.69) is 27.5 Å². The fourth-order valence-electron chi connectivity index (χ4n) is 6.20. The first-order valence-electron chi connectivity index (χ1n) is 14.2. The van der Waals surface area contributed by atoms with Crippen molar-refractivity contribution in [1.82, 2.24) is 19.8 Å². The highest BCUT2D eigenvalue weighted by Gasteiger charge is 2.43. The van der Waals surface area contributed by atoms with Gasteiger partial charge in [-0.25, -0.2) is 12.8 Å². The second-order valence-corrected chi connectivity index (χ2v) is 12.9. The van der Waals surface area contributed by atoms with Gasteiger partial charge in [0.1, 0.15) is 6.61 Å². The molecule has 0 unspecified atom stereocenters. The average Bonchev–Trinajstić information content (AvgIpc) is 3.53. The molecule has 6 rings (SSSR count). The van der Waals surface area contributed by atoms with E-state index in [-0.39, 0.29) is 55.4 Å². The molecule has 1 amide bonds. The molecular weight excluding hydrogens is 573 g/mol. The number of piperazine rings is 1. The molecule has 0 spiro atoms. The van der Waals surface area contributed by atoms with Crippen LogP contribution in [0, 0.1) is 11.3 Å². The Hall–Kier alpha value is -4.28. The average molecular weight is 606 g/mol. The summed E-state index contributed by atoms with van der Waals surface area (Å²) in [5.74, 6) is -1.84. The number of hydrogen-bond donors (Lipinski definition) is 0. The molecule has 43 heavy (non-hydrogen) atoms. The fourth-order valence-corrected chi connectivity index (χ4v) is 7.94. The minimum atomic E-state index is -4.12. The van der Waals surface area contributed by atoms with Crippen LogP contribution in [0.5, 0.6) is 6.01 Å². The second-order valence-electron chi connectivity index (χ2n) is 11.1. The smallest absolute Gasteiger partial charge is 0.318 e. The summed E-state index contributed by atoms with van der Waals surface area (Å²) in [6, 6.07) is 14.7. The van der Waals surface area contributed by atoms with E-state index in [0.29, 0.717) is 18.0 Å². The maximum absolute atomic E-state index is 14.3. The Morgan fingerprint density at radius 2 is 1.93 bits per heavy atom. The van der Waals surface area contributed by atoms with E-state index in [0.717, 1.165) is 30.2 Å². The van der Waals surface area contributed by atoms with E-state index in [4.69, 9.17) is 4.74 Å². The van der Waals surface area contributed by atoms with Crippen LogP contribution >= 0.6 is 0 Å². The highest BCUT2D eigenvalue weighted by Crippen LogP contribution is 2.42. The van der Waals surface area contributed by atoms with Gasteiger partial charge in [0.15, 0.2) is 16.5 Å². The quantitative estimate of drug-likeness (QED) is 0.374. The zero-order valence-electron chi connectivity index (χ0n) is 23.8. The summed E-state index contributed by atoms with van der Waals surface area (Å²) >= 11 is 0. The normalized spacial score (nSPS) is 21.6. The van der Waals surface area contributed by atoms with E-state index in [1.54, 1.807) is 11.0 Å². The summed E-state index contributed by atoms with van der Waals surface area (Å²) in [7, 11) is -2.08. The van der Waals surface area contributed by atoms with Crippen molar-refractivity contribution in [2.24, 2.45) is 0 Å². The lowest BCUT2D eigenvalue weighted by Crippen LogP contribution is -2.55. The molecule has 2 saturated heterocycles. The van der Waals surface area contributed by atoms with Crippen LogP contribution in [0.15, 0.2) is 59.8 Å². The first-order chi connectivity index (χ1) is 20.7. The highest BCUT2D eigenvalue weighted by molar-refractivity contribution is 7.93. The van der Waals surface area contributed by atoms with Crippen molar-refractivity contribution in [2.75, 3.05) is 49.0 Å². The van der Waals surface area contributed by atoms with Crippen LogP contribution in [0.4, 0.5) is 15.9 Å². The number of carbonyl (C=O) groups excluding carboxylic acids is 1. The van der Waals surface area contributed by atoms with Gasteiger partial charge in [0.25, 0.3) is 15.9 Å². The van der Waals surface area contributed by atoms with Crippen LogP contribution in [0.1, 0.15) is 25.0 Å². The van der Waals surface area contributed by atoms with Crippen LogP contribution in [0.3, 0.4) is 0 Å². The summed E-state index contributed by atoms with van der Waals surface area (Å²) in [4.78, 5) is 26.9. The van der Waals surface area contributed by atoms with E-state index in [1.807, 2.05) is 43.4 Å². The van der Waals surface area contributed by atoms with Crippen molar-refractivity contribution in [3.05, 3.63) is 60.6 Å². The van der Waals surface area contributed by atoms with Crippen LogP contribution in [0.2, 0.25) is 0 Å². The number of fused-ring (bicyclic) bond motifs is 2. The highest BCUT2D eigenvalue weighted by atomic mass is 32.2. The largest absolute Gasteiger partial charge is 0.462 e. The fraction of sp³-hybridized carbons (Fsp3) is 0.400. The van der Waals surface area contributed by atoms with Gasteiger partial charge in [-0.15, -0.1) is 0 Å². The number of likely N-dealkylation sites (N-methyl/N-ethyl adjacent to an activating group) is 1. The molecule has 3 aliphatic heterocycles. The van der Waals surface area contributed by atoms with Gasteiger partial charge >= 0.3 is 6.01 Å². The summed E-state index contributed by atoms with van der Waals surface area (Å²) in [5, 5.41) is 11.1. The van der Waals surface area contributed by atoms with Gasteiger partial charge in [-0.2, -0.15) is 15.2 Å². The van der Waals surface area contributed by atoms with Gasteiger partial charge in [-0.05, 0) is 37.9 Å². The van der Waals surface area contributed by atoms with E-state index in [9.17, 15) is 22.9 Å². The van der Waals surface area contributed by atoms with Crippen molar-refractivity contribution in [3.8, 4) is 12.1 Å². The number of halogens is 1. The zero-order chi connectivity index (χ0) is 30.3. The van der Waals surface area contributed by atoms with Crippen LogP contribution in [-0.4, -0.2) is 86.0 Å². The van der Waals surface area contributed by atoms with Gasteiger partial charge < -0.3 is 19.4 Å². The van der Waals surface area contributed by atoms with Crippen molar-refractivity contribution in [3.63, 3.8) is 0 Å². The minimum absolute atomic E-state index is 0.0113. The SMILES string of the molecule is C=C(F)C(=O)N1CCN(c2nc(OC[C@@H]3CCCN3C)nc3c2S(=O)(=O)N(c2cccc4ccccc24)C3)C[C@@H]1CC#N. The number of ether oxygens (including phenoxy) is 1. The van der Waals surface area contributed by atoms with Gasteiger partial charge in [-0.3, -0.25) is 9.10 Å². The van der Waals surface area contributed by atoms with Crippen molar-refractivity contribution < 1.29 is 22.3 Å². The standard InChI is InChI=1S/C30H32FN7O4S/c1-20(31)29(39)37-16-15-36(17-22(37)12-13-32)28-27-25(33-30(34-28)42-19-23-9-6-14-35(23)2)18-38(43(27,40)41)26-11-5-8-21-7-3-4-10-24(21)26/h3-5,7-8,10-11,22-23H,1,6,9,12,14-19H2,2H3/t22-,23-/m0/s1. The summed E-state index contributed by atoms with van der Waals surface area (Å²) in [6.45, 7) is 4.73. The van der Waals surface area contributed by atoms with E-state index >= 15 is 0 Å². The number of hydrogen-bond acceptors (Lipinski definition) is 9. The van der Waals surface area contributed by atoms with Crippen LogP contribution in [-0.2, 0) is 21.4 Å². The Labute approximate surface area is 249 Å². The molecule has 0 N–H and O–H groups in total. The first-order valence-corrected chi connectivity index (χ1v) is 15.6. The molecule has 4 heterocycles. The summed E-state index contributed by atoms with van der Waals surface area (Å²) in [5.41, 5.74) is 0.830. The number of anilines is 2. The molecule has 2 aromatic carbocycles. The maximum Gasteiger partial charge on any atom is 0.318 e. The molecule has 3 aliphatic rings. The lowest BCUT2D eigenvalue weighted by Gasteiger charge is -2.41. The topological polar surface area (TPSA) is 123 Å². The Morgan fingerprint density at radius 1 is 1.14 bits per heavy atom. The Bertz CT molecular complexity index is 1740. The molecule has 11 nitrogen and oxygen atoms in total. The maximum atomic E-state index is 14.3. The molecule has 0 saturated carbocycles. The second kappa shape index (κ2) is 11.4. The first kappa shape index (κ1) is 28.8. The molecule has 0 bridgehead atoms. The minimum Gasteiger partial charge on any atom is -0.462 e. The monoisotopic (exact) mass is 605 g/mol. The molecule has 2 fully saturated rings. The number of likely N-dealkylation sites (tertiary alicyclic amines) is 1. The zero-order valence-corrected chi connectivity index (χ0v) is 24.6. The van der Waals surface area contributed by atoms with Gasteiger partial charge in [0.05, 0.1) is 36.5 Å². The van der Waals surface area contributed by atoms with E-state index < -0.39 is 27.8 Å². The number of amides is 1. The van der Waals surface area contributed by atoms with Gasteiger partial charge in [-0.1, -0.05) is 43.0 Å². The number of sulfonamides is 1. The Kier molecular flexibility index (Phi) is 7.66. The number of carbonyl (C=O) groups is 1. The number of nitriles is 1. The van der Waals surface area contributed by atoms with Gasteiger partial charge in [0.2, 0.25) is 0 Å². The molecule has 1 aromatic heterocycles. The molecule has 2 atom stereocenters. The van der Waals surface area contributed by atoms with Crippen molar-refractivity contribution in [2.45, 2.75) is 42.8 Å². The summed E-state index contributed by atoms with van der Waals surface area (Å²) in [6.07, 6.45) is 1.96. The Morgan fingerprint density at radius 3 is 2.67 bits per heavy atom. The third-order valence-corrected chi connectivity index (χ3v) is 10.3. The lowest BCUT2D eigenvalue weighted by atomic mass is 10.1. The lowest BCUT2D eigenvalue weighted by molar-refractivity contribution is -0.131. The van der Waals surface area contributed by atoms with Gasteiger partial charge in [0, 0.05) is 31.1 Å². The molecule has 0 radical (unpaired) electrons. The van der Waals surface area contributed by atoms with Crippen LogP contribution < -0.4 is 13.9 Å². The molecule has 13 heteroatoms. The number of benzene rings is 2. The number of nitrogens with zero attached hydrogens (tertiary/aromatic N) is 7. The Balaban J connectivity index is 1.41. The number of rotatable bonds is 7. The molecule has 0 aliphatic carbocycles. The van der Waals surface area contributed by atoms with Crippen molar-refractivity contribution >= 4 is 38.2 Å². The van der Waals surface area contributed by atoms with Crippen LogP contribution in [0.25, 0.3) is 10.8 Å².